The summed E-state index contributed by atoms with van der Waals surface area (Å²) in [5.74, 6) is -1.67. The van der Waals surface area contributed by atoms with E-state index in [1.807, 2.05) is 0 Å². The van der Waals surface area contributed by atoms with E-state index in [1.54, 1.807) is 18.0 Å². The number of aryl methyl sites for hydroxylation is 1. The molecule has 1 fully saturated rings. The highest BCUT2D eigenvalue weighted by molar-refractivity contribution is 5.82. The van der Waals surface area contributed by atoms with Crippen LogP contribution in [0.4, 0.5) is 13.2 Å². The summed E-state index contributed by atoms with van der Waals surface area (Å²) in [6.07, 6.45) is 2.39. The fraction of sp³-hybridized carbons (Fsp3) is 0.316. The Balaban J connectivity index is 1.76. The first-order valence-electron chi connectivity index (χ1n) is 8.93. The number of amides is 1. The Kier molecular flexibility index (Phi) is 4.77. The highest BCUT2D eigenvalue weighted by Crippen LogP contribution is 2.28. The van der Waals surface area contributed by atoms with Gasteiger partial charge in [0.25, 0.3) is 0 Å². The maximum atomic E-state index is 13.7. The SMILES string of the molecule is Cn1c(=O)n(CC(=O)N2CCC2)c2cc(-c3ccc(F)c(OC(F)F)c3)cnc21. The van der Waals surface area contributed by atoms with E-state index in [9.17, 15) is 22.8 Å². The molecule has 29 heavy (non-hydrogen) atoms. The molecule has 1 aromatic carbocycles. The largest absolute Gasteiger partial charge is 0.432 e. The third kappa shape index (κ3) is 3.45. The molecule has 1 amide bonds. The molecule has 152 valence electrons. The molecule has 1 aliphatic heterocycles. The molecule has 2 aromatic heterocycles. The summed E-state index contributed by atoms with van der Waals surface area (Å²) in [5.41, 5.74) is 1.26. The van der Waals surface area contributed by atoms with Crippen molar-refractivity contribution in [2.75, 3.05) is 13.1 Å². The summed E-state index contributed by atoms with van der Waals surface area (Å²) in [4.78, 5) is 30.9. The predicted molar refractivity (Wildman–Crippen MR) is 98.2 cm³/mol. The second kappa shape index (κ2) is 7.26. The molecule has 4 rings (SSSR count). The second-order valence-corrected chi connectivity index (χ2v) is 6.75. The van der Waals surface area contributed by atoms with Crippen LogP contribution >= 0.6 is 0 Å². The van der Waals surface area contributed by atoms with Crippen molar-refractivity contribution in [2.24, 2.45) is 7.05 Å². The number of alkyl halides is 2. The lowest BCUT2D eigenvalue weighted by Crippen LogP contribution is -2.44. The lowest BCUT2D eigenvalue weighted by molar-refractivity contribution is -0.135. The molecule has 3 heterocycles. The zero-order valence-corrected chi connectivity index (χ0v) is 15.4. The van der Waals surface area contributed by atoms with Crippen molar-refractivity contribution >= 4 is 17.1 Å². The van der Waals surface area contributed by atoms with Crippen molar-refractivity contribution in [3.8, 4) is 16.9 Å². The number of rotatable bonds is 5. The van der Waals surface area contributed by atoms with E-state index in [4.69, 9.17) is 0 Å². The Morgan fingerprint density at radius 2 is 2.00 bits per heavy atom. The van der Waals surface area contributed by atoms with Crippen molar-refractivity contribution in [3.63, 3.8) is 0 Å². The van der Waals surface area contributed by atoms with Gasteiger partial charge >= 0.3 is 12.3 Å². The molecule has 0 unspecified atom stereocenters. The van der Waals surface area contributed by atoms with Crippen molar-refractivity contribution in [3.05, 3.63) is 46.8 Å². The van der Waals surface area contributed by atoms with Gasteiger partial charge in [-0.05, 0) is 30.2 Å². The Labute approximate surface area is 162 Å². The fourth-order valence-electron chi connectivity index (χ4n) is 3.26. The summed E-state index contributed by atoms with van der Waals surface area (Å²) >= 11 is 0. The lowest BCUT2D eigenvalue weighted by atomic mass is 10.1. The highest BCUT2D eigenvalue weighted by atomic mass is 19.3. The molecule has 0 spiro atoms. The molecule has 0 N–H and O–H groups in total. The first kappa shape index (κ1) is 19.0. The minimum atomic E-state index is -3.16. The molecular weight excluding hydrogens is 389 g/mol. The molecule has 10 heteroatoms. The van der Waals surface area contributed by atoms with Gasteiger partial charge in [0, 0.05) is 31.9 Å². The molecule has 1 saturated heterocycles. The minimum Gasteiger partial charge on any atom is -0.432 e. The van der Waals surface area contributed by atoms with E-state index in [2.05, 4.69) is 9.72 Å². The van der Waals surface area contributed by atoms with Crippen LogP contribution in [0.5, 0.6) is 5.75 Å². The molecule has 0 aliphatic carbocycles. The summed E-state index contributed by atoms with van der Waals surface area (Å²) in [5, 5.41) is 0. The van der Waals surface area contributed by atoms with Crippen LogP contribution in [0, 0.1) is 5.82 Å². The van der Waals surface area contributed by atoms with E-state index in [0.29, 0.717) is 35.4 Å². The Bertz CT molecular complexity index is 1150. The number of hydrogen-bond donors (Lipinski definition) is 0. The average Bonchev–Trinajstić information content (AvgIpc) is 2.86. The first-order valence-corrected chi connectivity index (χ1v) is 8.93. The molecule has 3 aromatic rings. The number of likely N-dealkylation sites (tertiary alicyclic amines) is 1. The van der Waals surface area contributed by atoms with E-state index in [-0.39, 0.29) is 18.1 Å². The van der Waals surface area contributed by atoms with Gasteiger partial charge in [-0.3, -0.25) is 13.9 Å². The quantitative estimate of drug-likeness (QED) is 0.653. The van der Waals surface area contributed by atoms with Crippen LogP contribution in [0.25, 0.3) is 22.3 Å². The molecular formula is C19H17F3N4O3. The monoisotopic (exact) mass is 406 g/mol. The van der Waals surface area contributed by atoms with E-state index >= 15 is 0 Å². The molecule has 0 atom stereocenters. The minimum absolute atomic E-state index is 0.121. The Morgan fingerprint density at radius 3 is 2.66 bits per heavy atom. The van der Waals surface area contributed by atoms with Crippen molar-refractivity contribution < 1.29 is 22.7 Å². The van der Waals surface area contributed by atoms with Gasteiger partial charge in [0.2, 0.25) is 5.91 Å². The number of fused-ring (bicyclic) bond motifs is 1. The Morgan fingerprint density at radius 1 is 1.24 bits per heavy atom. The standard InChI is InChI=1S/C19H17F3N4O3/c1-24-17-14(26(19(24)28)10-16(27)25-5-2-6-25)7-12(9-23-17)11-3-4-13(20)15(8-11)29-18(21)22/h3-4,7-9,18H,2,5-6,10H2,1H3. The molecule has 0 saturated carbocycles. The molecule has 1 aliphatic rings. The molecule has 0 bridgehead atoms. The summed E-state index contributed by atoms with van der Waals surface area (Å²) in [6.45, 7) is -1.94. The smallest absolute Gasteiger partial charge is 0.387 e. The van der Waals surface area contributed by atoms with E-state index in [1.165, 1.54) is 21.4 Å². The van der Waals surface area contributed by atoms with Gasteiger partial charge in [-0.15, -0.1) is 0 Å². The average molecular weight is 406 g/mol. The number of benzene rings is 1. The van der Waals surface area contributed by atoms with Crippen LogP contribution in [0.3, 0.4) is 0 Å². The van der Waals surface area contributed by atoms with Crippen LogP contribution in [0.1, 0.15) is 6.42 Å². The zero-order chi connectivity index (χ0) is 20.7. The number of nitrogens with zero attached hydrogens (tertiary/aromatic N) is 4. The highest BCUT2D eigenvalue weighted by Gasteiger charge is 2.23. The van der Waals surface area contributed by atoms with Gasteiger partial charge in [0.1, 0.15) is 6.54 Å². The van der Waals surface area contributed by atoms with Crippen LogP contribution in [0.2, 0.25) is 0 Å². The number of halogens is 3. The van der Waals surface area contributed by atoms with Gasteiger partial charge in [-0.2, -0.15) is 8.78 Å². The number of hydrogen-bond acceptors (Lipinski definition) is 4. The van der Waals surface area contributed by atoms with Crippen LogP contribution in [0.15, 0.2) is 35.3 Å². The number of pyridine rings is 1. The number of carbonyl (C=O) groups excluding carboxylic acids is 1. The van der Waals surface area contributed by atoms with Gasteiger partial charge in [0.15, 0.2) is 17.2 Å². The van der Waals surface area contributed by atoms with Crippen LogP contribution in [-0.2, 0) is 18.4 Å². The van der Waals surface area contributed by atoms with Gasteiger partial charge < -0.3 is 9.64 Å². The lowest BCUT2D eigenvalue weighted by Gasteiger charge is -2.30. The fourth-order valence-corrected chi connectivity index (χ4v) is 3.26. The van der Waals surface area contributed by atoms with Crippen molar-refractivity contribution in [2.45, 2.75) is 19.6 Å². The maximum Gasteiger partial charge on any atom is 0.387 e. The summed E-state index contributed by atoms with van der Waals surface area (Å²) in [7, 11) is 1.55. The number of carbonyl (C=O) groups is 1. The van der Waals surface area contributed by atoms with Gasteiger partial charge in [-0.25, -0.2) is 14.2 Å². The van der Waals surface area contributed by atoms with Crippen LogP contribution in [-0.4, -0.2) is 44.6 Å². The van der Waals surface area contributed by atoms with Crippen molar-refractivity contribution in [1.82, 2.24) is 19.0 Å². The molecule has 0 radical (unpaired) electrons. The normalized spacial score (nSPS) is 13.8. The Hall–Kier alpha value is -3.30. The maximum absolute atomic E-state index is 13.7. The van der Waals surface area contributed by atoms with Gasteiger partial charge in [0.05, 0.1) is 5.52 Å². The van der Waals surface area contributed by atoms with Crippen LogP contribution < -0.4 is 10.4 Å². The predicted octanol–water partition coefficient (Wildman–Crippen LogP) is 2.37. The zero-order valence-electron chi connectivity index (χ0n) is 15.4. The first-order chi connectivity index (χ1) is 13.8. The number of imidazole rings is 1. The van der Waals surface area contributed by atoms with E-state index < -0.39 is 18.2 Å². The molecule has 7 nitrogen and oxygen atoms in total. The topological polar surface area (TPSA) is 69.4 Å². The number of ether oxygens (including phenoxy) is 1. The summed E-state index contributed by atoms with van der Waals surface area (Å²) < 4.78 is 45.5. The summed E-state index contributed by atoms with van der Waals surface area (Å²) in [6, 6.07) is 5.17. The van der Waals surface area contributed by atoms with Gasteiger partial charge in [-0.1, -0.05) is 6.07 Å². The van der Waals surface area contributed by atoms with E-state index in [0.717, 1.165) is 18.6 Å². The number of aromatic nitrogens is 3. The van der Waals surface area contributed by atoms with Crippen molar-refractivity contribution in [1.29, 1.82) is 0 Å². The second-order valence-electron chi connectivity index (χ2n) is 6.75. The third-order valence-corrected chi connectivity index (χ3v) is 4.96. The third-order valence-electron chi connectivity index (χ3n) is 4.96.